The van der Waals surface area contributed by atoms with Gasteiger partial charge in [0, 0.05) is 7.05 Å². The first-order chi connectivity index (χ1) is 9.70. The lowest BCUT2D eigenvalue weighted by Gasteiger charge is -2.15. The number of nitrogens with two attached hydrogens (primary N) is 1. The van der Waals surface area contributed by atoms with E-state index in [0.717, 1.165) is 6.07 Å². The van der Waals surface area contributed by atoms with Crippen LogP contribution in [0.25, 0.3) is 0 Å². The van der Waals surface area contributed by atoms with Crippen molar-refractivity contribution in [3.05, 3.63) is 28.8 Å². The molecule has 0 spiro atoms. The molecule has 0 aromatic heterocycles. The first kappa shape index (κ1) is 17.4. The van der Waals surface area contributed by atoms with Gasteiger partial charge in [0.15, 0.2) is 6.61 Å². The van der Waals surface area contributed by atoms with Crippen LogP contribution in [0.2, 0.25) is 5.02 Å². The van der Waals surface area contributed by atoms with Crippen molar-refractivity contribution in [3.63, 3.8) is 0 Å². The lowest BCUT2D eigenvalue weighted by molar-refractivity contribution is -0.121. The Hall–Kier alpha value is -1.68. The highest BCUT2D eigenvalue weighted by molar-refractivity contribution is 7.89. The fourth-order valence-corrected chi connectivity index (χ4v) is 2.48. The quantitative estimate of drug-likeness (QED) is 0.584. The number of ether oxygens (including phenoxy) is 1. The first-order valence-corrected chi connectivity index (χ1v) is 7.30. The van der Waals surface area contributed by atoms with E-state index in [1.165, 1.54) is 26.3 Å². The maximum Gasteiger partial charge on any atom is 0.340 e. The number of carbonyl (C=O) groups excluding carboxylic acids is 2. The SMILES string of the molecule is CON(C)S(=O)(=O)c1ccc(Cl)c(C(=O)OCC(N)=O)c1. The fourth-order valence-electron chi connectivity index (χ4n) is 1.28. The summed E-state index contributed by atoms with van der Waals surface area (Å²) in [6.07, 6.45) is 0. The second-order valence-corrected chi connectivity index (χ2v) is 6.12. The Kier molecular flexibility index (Phi) is 5.67. The van der Waals surface area contributed by atoms with Crippen LogP contribution in [-0.2, 0) is 24.4 Å². The maximum absolute atomic E-state index is 12.0. The molecular weight excluding hydrogens is 324 g/mol. The van der Waals surface area contributed by atoms with E-state index in [-0.39, 0.29) is 15.5 Å². The van der Waals surface area contributed by atoms with Crippen molar-refractivity contribution in [2.24, 2.45) is 5.73 Å². The van der Waals surface area contributed by atoms with Crippen molar-refractivity contribution in [1.29, 1.82) is 0 Å². The molecule has 1 aromatic carbocycles. The van der Waals surface area contributed by atoms with E-state index in [9.17, 15) is 18.0 Å². The van der Waals surface area contributed by atoms with Gasteiger partial charge in [0.1, 0.15) is 0 Å². The number of hydroxylamine groups is 1. The van der Waals surface area contributed by atoms with E-state index in [0.29, 0.717) is 4.47 Å². The van der Waals surface area contributed by atoms with Crippen molar-refractivity contribution in [1.82, 2.24) is 4.47 Å². The summed E-state index contributed by atoms with van der Waals surface area (Å²) in [5, 5.41) is -0.0245. The lowest BCUT2D eigenvalue weighted by atomic mass is 10.2. The number of primary amides is 1. The minimum absolute atomic E-state index is 0.0245. The van der Waals surface area contributed by atoms with E-state index in [1.807, 2.05) is 0 Å². The first-order valence-electron chi connectivity index (χ1n) is 5.48. The number of sulfonamides is 1. The van der Waals surface area contributed by atoms with Crippen LogP contribution in [0.5, 0.6) is 0 Å². The van der Waals surface area contributed by atoms with Gasteiger partial charge in [-0.15, -0.1) is 0 Å². The number of nitrogens with zero attached hydrogens (tertiary/aromatic N) is 1. The zero-order valence-electron chi connectivity index (χ0n) is 11.2. The molecule has 0 radical (unpaired) electrons. The van der Waals surface area contributed by atoms with Gasteiger partial charge in [-0.1, -0.05) is 16.1 Å². The molecule has 0 aliphatic carbocycles. The normalized spacial score (nSPS) is 11.4. The molecule has 1 aromatic rings. The molecule has 10 heteroatoms. The van der Waals surface area contributed by atoms with Crippen LogP contribution in [0.15, 0.2) is 23.1 Å². The Morgan fingerprint density at radius 3 is 2.52 bits per heavy atom. The van der Waals surface area contributed by atoms with Crippen LogP contribution in [0.3, 0.4) is 0 Å². The molecule has 0 aliphatic rings. The molecule has 0 unspecified atom stereocenters. The van der Waals surface area contributed by atoms with Crippen LogP contribution in [0.4, 0.5) is 0 Å². The average molecular weight is 337 g/mol. The summed E-state index contributed by atoms with van der Waals surface area (Å²) in [5.41, 5.74) is 4.64. The highest BCUT2D eigenvalue weighted by atomic mass is 35.5. The predicted octanol–water partition coefficient (Wildman–Crippen LogP) is 0.164. The Balaban J connectivity index is 3.17. The molecule has 0 bridgehead atoms. The molecule has 0 aliphatic heterocycles. The molecule has 21 heavy (non-hydrogen) atoms. The Morgan fingerprint density at radius 2 is 2.00 bits per heavy atom. The molecule has 1 rings (SSSR count). The van der Waals surface area contributed by atoms with Crippen molar-refractivity contribution in [2.45, 2.75) is 4.90 Å². The largest absolute Gasteiger partial charge is 0.452 e. The predicted molar refractivity (Wildman–Crippen MR) is 72.9 cm³/mol. The second kappa shape index (κ2) is 6.85. The number of amides is 1. The zero-order chi connectivity index (χ0) is 16.2. The van der Waals surface area contributed by atoms with Gasteiger partial charge in [-0.3, -0.25) is 9.63 Å². The molecule has 0 atom stereocenters. The van der Waals surface area contributed by atoms with Crippen LogP contribution < -0.4 is 5.73 Å². The van der Waals surface area contributed by atoms with Crippen LogP contribution >= 0.6 is 11.6 Å². The summed E-state index contributed by atoms with van der Waals surface area (Å²) >= 11 is 5.81. The minimum Gasteiger partial charge on any atom is -0.452 e. The number of carbonyl (C=O) groups is 2. The maximum atomic E-state index is 12.0. The molecule has 0 saturated carbocycles. The van der Waals surface area contributed by atoms with Crippen LogP contribution in [0, 0.1) is 0 Å². The Labute approximate surface area is 126 Å². The minimum atomic E-state index is -3.94. The number of halogens is 1. The summed E-state index contributed by atoms with van der Waals surface area (Å²) in [7, 11) is -1.57. The Bertz CT molecular complexity index is 661. The van der Waals surface area contributed by atoms with Gasteiger partial charge in [-0.25, -0.2) is 13.2 Å². The van der Waals surface area contributed by atoms with Gasteiger partial charge in [0.2, 0.25) is 0 Å². The van der Waals surface area contributed by atoms with Crippen molar-refractivity contribution < 1.29 is 27.6 Å². The Morgan fingerprint density at radius 1 is 1.38 bits per heavy atom. The third-order valence-electron chi connectivity index (χ3n) is 2.40. The smallest absolute Gasteiger partial charge is 0.340 e. The fraction of sp³-hybridized carbons (Fsp3) is 0.273. The monoisotopic (exact) mass is 336 g/mol. The van der Waals surface area contributed by atoms with Gasteiger partial charge in [-0.05, 0) is 18.2 Å². The molecule has 0 heterocycles. The standard InChI is InChI=1S/C11H13ClN2O6S/c1-14(19-2)21(17,18)7-3-4-9(12)8(5-7)11(16)20-6-10(13)15/h3-5H,6H2,1-2H3,(H2,13,15). The highest BCUT2D eigenvalue weighted by Crippen LogP contribution is 2.23. The molecule has 0 saturated heterocycles. The second-order valence-electron chi connectivity index (χ2n) is 3.78. The number of hydrogen-bond donors (Lipinski definition) is 1. The molecular formula is C11H13ClN2O6S. The highest BCUT2D eigenvalue weighted by Gasteiger charge is 2.24. The topological polar surface area (TPSA) is 116 Å². The summed E-state index contributed by atoms with van der Waals surface area (Å²) < 4.78 is 29.3. The summed E-state index contributed by atoms with van der Waals surface area (Å²) in [5.74, 6) is -1.81. The van der Waals surface area contributed by atoms with Gasteiger partial charge in [0.05, 0.1) is 22.6 Å². The number of esters is 1. The van der Waals surface area contributed by atoms with Crippen molar-refractivity contribution in [3.8, 4) is 0 Å². The summed E-state index contributed by atoms with van der Waals surface area (Å²) in [4.78, 5) is 26.7. The van der Waals surface area contributed by atoms with Crippen LogP contribution in [0.1, 0.15) is 10.4 Å². The van der Waals surface area contributed by atoms with Crippen molar-refractivity contribution >= 4 is 33.5 Å². The number of rotatable bonds is 6. The summed E-state index contributed by atoms with van der Waals surface area (Å²) in [6.45, 7) is -0.635. The third-order valence-corrected chi connectivity index (χ3v) is 4.40. The summed E-state index contributed by atoms with van der Waals surface area (Å²) in [6, 6.07) is 3.45. The average Bonchev–Trinajstić information content (AvgIpc) is 2.43. The zero-order valence-corrected chi connectivity index (χ0v) is 12.8. The van der Waals surface area contributed by atoms with Gasteiger partial charge in [0.25, 0.3) is 15.9 Å². The third kappa shape index (κ3) is 4.14. The van der Waals surface area contributed by atoms with Gasteiger partial charge >= 0.3 is 5.97 Å². The van der Waals surface area contributed by atoms with Crippen molar-refractivity contribution in [2.75, 3.05) is 20.8 Å². The van der Waals surface area contributed by atoms with E-state index >= 15 is 0 Å². The van der Waals surface area contributed by atoms with E-state index in [1.54, 1.807) is 0 Å². The number of hydrogen-bond acceptors (Lipinski definition) is 6. The van der Waals surface area contributed by atoms with E-state index < -0.39 is 28.5 Å². The van der Waals surface area contributed by atoms with E-state index in [2.05, 4.69) is 9.57 Å². The van der Waals surface area contributed by atoms with Crippen LogP contribution in [-0.4, -0.2) is 45.5 Å². The number of benzene rings is 1. The van der Waals surface area contributed by atoms with Gasteiger partial charge < -0.3 is 10.5 Å². The van der Waals surface area contributed by atoms with E-state index in [4.69, 9.17) is 17.3 Å². The van der Waals surface area contributed by atoms with Gasteiger partial charge in [-0.2, -0.15) is 0 Å². The molecule has 8 nitrogen and oxygen atoms in total. The molecule has 116 valence electrons. The molecule has 2 N–H and O–H groups in total. The molecule has 0 fully saturated rings. The lowest BCUT2D eigenvalue weighted by Crippen LogP contribution is -2.26. The molecule has 1 amide bonds.